The van der Waals surface area contributed by atoms with Gasteiger partial charge in [-0.15, -0.1) is 0 Å². The van der Waals surface area contributed by atoms with Crippen LogP contribution in [0.4, 0.5) is 0 Å². The Kier molecular flexibility index (Phi) is 7.70. The lowest BCUT2D eigenvalue weighted by molar-refractivity contribution is -0.149. The second-order valence-electron chi connectivity index (χ2n) is 5.55. The predicted molar refractivity (Wildman–Crippen MR) is 85.6 cm³/mol. The molecule has 22 heavy (non-hydrogen) atoms. The second kappa shape index (κ2) is 9.27. The fraction of sp³-hybridized carbons (Fsp3) is 0.800. The Balaban J connectivity index is 2.49. The van der Waals surface area contributed by atoms with Crippen molar-refractivity contribution in [2.24, 2.45) is 10.9 Å². The molecule has 1 saturated heterocycles. The van der Waals surface area contributed by atoms with Crippen molar-refractivity contribution < 1.29 is 14.3 Å². The topological polar surface area (TPSA) is 74.2 Å². The second-order valence-corrected chi connectivity index (χ2v) is 5.55. The van der Waals surface area contributed by atoms with Crippen LogP contribution in [0.5, 0.6) is 0 Å². The van der Waals surface area contributed by atoms with Crippen LogP contribution in [0.1, 0.15) is 26.2 Å². The Morgan fingerprint density at radius 3 is 2.73 bits per heavy atom. The summed E-state index contributed by atoms with van der Waals surface area (Å²) in [6.45, 7) is 4.23. The van der Waals surface area contributed by atoms with Crippen molar-refractivity contribution in [1.82, 2.24) is 15.1 Å². The Labute approximate surface area is 132 Å². The molecule has 0 aromatic rings. The number of guanidine groups is 1. The molecular weight excluding hydrogens is 284 g/mol. The number of hydrogen-bond donors (Lipinski definition) is 1. The van der Waals surface area contributed by atoms with Gasteiger partial charge >= 0.3 is 5.97 Å². The van der Waals surface area contributed by atoms with E-state index in [1.165, 1.54) is 0 Å². The van der Waals surface area contributed by atoms with Gasteiger partial charge in [-0.3, -0.25) is 14.6 Å². The van der Waals surface area contributed by atoms with E-state index < -0.39 is 0 Å². The largest absolute Gasteiger partial charge is 0.466 e. The zero-order valence-corrected chi connectivity index (χ0v) is 14.1. The van der Waals surface area contributed by atoms with Crippen LogP contribution in [-0.2, 0) is 14.3 Å². The van der Waals surface area contributed by atoms with Crippen molar-refractivity contribution in [3.05, 3.63) is 0 Å². The number of likely N-dealkylation sites (tertiary alicyclic amines) is 1. The van der Waals surface area contributed by atoms with Gasteiger partial charge in [-0.05, 0) is 19.8 Å². The first-order valence-electron chi connectivity index (χ1n) is 7.82. The maximum atomic E-state index is 11.9. The fourth-order valence-electron chi connectivity index (χ4n) is 2.46. The zero-order valence-electron chi connectivity index (χ0n) is 14.1. The molecule has 1 aliphatic rings. The van der Waals surface area contributed by atoms with Gasteiger partial charge in [-0.1, -0.05) is 0 Å². The van der Waals surface area contributed by atoms with E-state index in [-0.39, 0.29) is 17.8 Å². The molecule has 1 fully saturated rings. The van der Waals surface area contributed by atoms with Crippen LogP contribution >= 0.6 is 0 Å². The molecule has 0 saturated carbocycles. The van der Waals surface area contributed by atoms with Crippen molar-refractivity contribution in [2.45, 2.75) is 26.2 Å². The van der Waals surface area contributed by atoms with E-state index in [1.807, 2.05) is 6.92 Å². The summed E-state index contributed by atoms with van der Waals surface area (Å²) in [6.07, 6.45) is 2.20. The molecule has 1 N–H and O–H groups in total. The molecular formula is C15H28N4O3. The van der Waals surface area contributed by atoms with Gasteiger partial charge in [0, 0.05) is 47.2 Å². The number of esters is 1. The third-order valence-electron chi connectivity index (χ3n) is 3.67. The Morgan fingerprint density at radius 1 is 1.41 bits per heavy atom. The number of carbonyl (C=O) groups is 2. The molecule has 1 atom stereocenters. The number of hydrogen-bond acceptors (Lipinski definition) is 4. The lowest BCUT2D eigenvalue weighted by Gasteiger charge is -2.33. The number of rotatable bonds is 5. The highest BCUT2D eigenvalue weighted by Gasteiger charge is 2.28. The number of ether oxygens (including phenoxy) is 1. The third-order valence-corrected chi connectivity index (χ3v) is 3.67. The first-order chi connectivity index (χ1) is 10.5. The average molecular weight is 312 g/mol. The Bertz CT molecular complexity index is 410. The minimum Gasteiger partial charge on any atom is -0.466 e. The molecule has 0 spiro atoms. The molecule has 1 aliphatic heterocycles. The van der Waals surface area contributed by atoms with Crippen LogP contribution in [0, 0.1) is 5.92 Å². The number of aliphatic imine (C=N–C) groups is 1. The van der Waals surface area contributed by atoms with Gasteiger partial charge in [0.25, 0.3) is 0 Å². The smallest absolute Gasteiger partial charge is 0.310 e. The molecule has 7 heteroatoms. The molecule has 1 heterocycles. The van der Waals surface area contributed by atoms with Gasteiger partial charge in [-0.25, -0.2) is 0 Å². The highest BCUT2D eigenvalue weighted by atomic mass is 16.5. The first kappa shape index (κ1) is 18.3. The summed E-state index contributed by atoms with van der Waals surface area (Å²) in [5.74, 6) is 0.577. The van der Waals surface area contributed by atoms with Crippen LogP contribution in [0.3, 0.4) is 0 Å². The van der Waals surface area contributed by atoms with Crippen LogP contribution < -0.4 is 5.32 Å². The maximum absolute atomic E-state index is 11.9. The van der Waals surface area contributed by atoms with Crippen molar-refractivity contribution >= 4 is 17.8 Å². The minimum absolute atomic E-state index is 0.0750. The lowest BCUT2D eigenvalue weighted by atomic mass is 9.98. The van der Waals surface area contributed by atoms with E-state index >= 15 is 0 Å². The van der Waals surface area contributed by atoms with Gasteiger partial charge in [0.2, 0.25) is 5.91 Å². The summed E-state index contributed by atoms with van der Waals surface area (Å²) < 4.78 is 5.11. The van der Waals surface area contributed by atoms with Crippen LogP contribution in [0.15, 0.2) is 4.99 Å². The number of nitrogens with one attached hydrogen (secondary N) is 1. The van der Waals surface area contributed by atoms with Gasteiger partial charge in [0.1, 0.15) is 0 Å². The predicted octanol–water partition coefficient (Wildman–Crippen LogP) is 0.315. The summed E-state index contributed by atoms with van der Waals surface area (Å²) >= 11 is 0. The van der Waals surface area contributed by atoms with E-state index in [2.05, 4.69) is 15.2 Å². The fourth-order valence-corrected chi connectivity index (χ4v) is 2.46. The van der Waals surface area contributed by atoms with Gasteiger partial charge in [-0.2, -0.15) is 0 Å². The highest BCUT2D eigenvalue weighted by molar-refractivity contribution is 5.82. The van der Waals surface area contributed by atoms with Crippen molar-refractivity contribution in [2.75, 3.05) is 47.4 Å². The summed E-state index contributed by atoms with van der Waals surface area (Å²) in [5, 5.41) is 3.19. The van der Waals surface area contributed by atoms with Crippen molar-refractivity contribution in [1.29, 1.82) is 0 Å². The summed E-state index contributed by atoms with van der Waals surface area (Å²) in [5.41, 5.74) is 0. The van der Waals surface area contributed by atoms with Crippen molar-refractivity contribution in [3.8, 4) is 0 Å². The quantitative estimate of drug-likeness (QED) is 0.449. The van der Waals surface area contributed by atoms with Gasteiger partial charge in [0.05, 0.1) is 12.5 Å². The summed E-state index contributed by atoms with van der Waals surface area (Å²) in [7, 11) is 5.20. The van der Waals surface area contributed by atoms with Crippen LogP contribution in [0.25, 0.3) is 0 Å². The molecule has 0 aromatic heterocycles. The standard InChI is InChI=1S/C15H28N4O3/c1-5-22-14(21)12-7-6-10-19(11-12)15(16-2)17-9-8-13(20)18(3)4/h12H,5-11H2,1-4H3,(H,16,17). The SMILES string of the molecule is CCOC(=O)C1CCCN(C(=NC)NCCC(=O)N(C)C)C1. The average Bonchev–Trinajstić information content (AvgIpc) is 2.51. The molecule has 7 nitrogen and oxygen atoms in total. The van der Waals surface area contributed by atoms with Gasteiger partial charge in [0.15, 0.2) is 5.96 Å². The minimum atomic E-state index is -0.134. The van der Waals surface area contributed by atoms with E-state index in [9.17, 15) is 9.59 Å². The zero-order chi connectivity index (χ0) is 16.5. The Morgan fingerprint density at radius 2 is 2.14 bits per heavy atom. The highest BCUT2D eigenvalue weighted by Crippen LogP contribution is 2.18. The Hall–Kier alpha value is -1.79. The monoisotopic (exact) mass is 312 g/mol. The molecule has 0 aliphatic carbocycles. The molecule has 1 unspecified atom stereocenters. The van der Waals surface area contributed by atoms with Crippen molar-refractivity contribution in [3.63, 3.8) is 0 Å². The first-order valence-corrected chi connectivity index (χ1v) is 7.82. The van der Waals surface area contributed by atoms with Crippen LogP contribution in [-0.4, -0.2) is 75.0 Å². The number of carbonyl (C=O) groups excluding carboxylic acids is 2. The molecule has 0 aromatic carbocycles. The normalized spacial score (nSPS) is 18.8. The van der Waals surface area contributed by atoms with Crippen LogP contribution in [0.2, 0.25) is 0 Å². The summed E-state index contributed by atoms with van der Waals surface area (Å²) in [4.78, 5) is 31.3. The molecule has 0 radical (unpaired) electrons. The van der Waals surface area contributed by atoms with E-state index in [1.54, 1.807) is 26.0 Å². The van der Waals surface area contributed by atoms with E-state index in [0.29, 0.717) is 26.1 Å². The molecule has 1 amide bonds. The molecule has 0 bridgehead atoms. The summed E-state index contributed by atoms with van der Waals surface area (Å²) in [6, 6.07) is 0. The lowest BCUT2D eigenvalue weighted by Crippen LogP contribution is -2.48. The number of amides is 1. The maximum Gasteiger partial charge on any atom is 0.310 e. The molecule has 1 rings (SSSR count). The third kappa shape index (κ3) is 5.54. The van der Waals surface area contributed by atoms with Gasteiger partial charge < -0.3 is 19.9 Å². The van der Waals surface area contributed by atoms with E-state index in [0.717, 1.165) is 25.3 Å². The number of piperidine rings is 1. The molecule has 126 valence electrons. The number of nitrogens with zero attached hydrogens (tertiary/aromatic N) is 3. The van der Waals surface area contributed by atoms with E-state index in [4.69, 9.17) is 4.74 Å².